The van der Waals surface area contributed by atoms with Gasteiger partial charge >= 0.3 is 0 Å². The molecule has 1 aromatic heterocycles. The zero-order valence-electron chi connectivity index (χ0n) is 12.9. The zero-order valence-corrected chi connectivity index (χ0v) is 13.6. The number of hydrogen-bond donors (Lipinski definition) is 3. The van der Waals surface area contributed by atoms with Crippen molar-refractivity contribution in [2.45, 2.75) is 19.8 Å². The first kappa shape index (κ1) is 17.0. The summed E-state index contributed by atoms with van der Waals surface area (Å²) in [5, 5.41) is 3.25. The van der Waals surface area contributed by atoms with E-state index in [0.29, 0.717) is 29.8 Å². The highest BCUT2D eigenvalue weighted by Crippen LogP contribution is 2.11. The van der Waals surface area contributed by atoms with Crippen LogP contribution >= 0.6 is 11.6 Å². The van der Waals surface area contributed by atoms with Crippen LogP contribution in [0.4, 0.5) is 11.6 Å². The molecule has 4 N–H and O–H groups in total. The minimum atomic E-state index is -0.182. The number of aromatic nitrogens is 2. The summed E-state index contributed by atoms with van der Waals surface area (Å²) in [7, 11) is 0. The third kappa shape index (κ3) is 4.56. The van der Waals surface area contributed by atoms with Gasteiger partial charge in [0.15, 0.2) is 5.78 Å². The van der Waals surface area contributed by atoms with Gasteiger partial charge in [0.1, 0.15) is 0 Å². The fourth-order valence-corrected chi connectivity index (χ4v) is 2.43. The fraction of sp³-hybridized carbons (Fsp3) is 0.312. The van der Waals surface area contributed by atoms with Gasteiger partial charge in [0.2, 0.25) is 5.95 Å². The Balaban J connectivity index is 1.86. The van der Waals surface area contributed by atoms with Crippen LogP contribution in [0, 0.1) is 6.92 Å². The normalized spacial score (nSPS) is 10.5. The van der Waals surface area contributed by atoms with Crippen molar-refractivity contribution in [2.24, 2.45) is 0 Å². The summed E-state index contributed by atoms with van der Waals surface area (Å²) in [5.74, 6) is 0.0285. The van der Waals surface area contributed by atoms with Crippen LogP contribution in [0.5, 0.6) is 0 Å². The molecule has 0 spiro atoms. The molecule has 0 saturated heterocycles. The van der Waals surface area contributed by atoms with Gasteiger partial charge in [0, 0.05) is 29.1 Å². The zero-order chi connectivity index (χ0) is 16.8. The number of aromatic amines is 1. The van der Waals surface area contributed by atoms with E-state index in [9.17, 15) is 9.59 Å². The molecule has 0 aliphatic carbocycles. The molecule has 0 fully saturated rings. The Morgan fingerprint density at radius 1 is 1.35 bits per heavy atom. The van der Waals surface area contributed by atoms with Gasteiger partial charge in [-0.15, -0.1) is 11.6 Å². The average Bonchev–Trinajstić information content (AvgIpc) is 2.53. The number of halogens is 1. The van der Waals surface area contributed by atoms with Gasteiger partial charge in [-0.1, -0.05) is 0 Å². The second-order valence-corrected chi connectivity index (χ2v) is 5.45. The van der Waals surface area contributed by atoms with Gasteiger partial charge in [-0.3, -0.25) is 14.6 Å². The molecule has 1 aromatic carbocycles. The number of alkyl halides is 1. The summed E-state index contributed by atoms with van der Waals surface area (Å²) in [6, 6.07) is 7.16. The predicted molar refractivity (Wildman–Crippen MR) is 92.3 cm³/mol. The maximum Gasteiger partial charge on any atom is 0.255 e. The number of H-pyrrole nitrogens is 1. The molecule has 6 nitrogen and oxygen atoms in total. The Bertz CT molecular complexity index is 741. The third-order valence-electron chi connectivity index (χ3n) is 3.50. The number of nitrogen functional groups attached to an aromatic ring is 1. The van der Waals surface area contributed by atoms with Crippen molar-refractivity contribution in [1.29, 1.82) is 0 Å². The van der Waals surface area contributed by atoms with Gasteiger partial charge in [-0.25, -0.2) is 4.98 Å². The topological polar surface area (TPSA) is 101 Å². The van der Waals surface area contributed by atoms with Crippen molar-refractivity contribution in [3.63, 3.8) is 0 Å². The molecule has 0 aliphatic heterocycles. The third-order valence-corrected chi connectivity index (χ3v) is 3.74. The molecule has 0 amide bonds. The van der Waals surface area contributed by atoms with Crippen molar-refractivity contribution in [2.75, 3.05) is 23.5 Å². The van der Waals surface area contributed by atoms with Gasteiger partial charge < -0.3 is 11.1 Å². The number of hydrogen-bond acceptors (Lipinski definition) is 5. The van der Waals surface area contributed by atoms with Crippen LogP contribution in [-0.2, 0) is 6.42 Å². The van der Waals surface area contributed by atoms with Crippen molar-refractivity contribution in [1.82, 2.24) is 9.97 Å². The smallest absolute Gasteiger partial charge is 0.255 e. The number of nitrogens with one attached hydrogen (secondary N) is 2. The number of anilines is 2. The van der Waals surface area contributed by atoms with E-state index in [1.54, 1.807) is 19.1 Å². The van der Waals surface area contributed by atoms with Crippen molar-refractivity contribution >= 4 is 29.0 Å². The average molecular weight is 335 g/mol. The van der Waals surface area contributed by atoms with Crippen molar-refractivity contribution < 1.29 is 4.79 Å². The molecule has 0 aliphatic rings. The summed E-state index contributed by atoms with van der Waals surface area (Å²) >= 11 is 5.52. The molecule has 122 valence electrons. The maximum atomic E-state index is 11.8. The van der Waals surface area contributed by atoms with Crippen LogP contribution in [-0.4, -0.2) is 28.2 Å². The molecule has 2 aromatic rings. The molecule has 7 heteroatoms. The number of aryl methyl sites for hydroxylation is 1. The summed E-state index contributed by atoms with van der Waals surface area (Å²) in [6.07, 6.45) is 1.39. The Labute approximate surface area is 139 Å². The number of benzene rings is 1. The Kier molecular flexibility index (Phi) is 5.76. The minimum Gasteiger partial charge on any atom is -0.385 e. The van der Waals surface area contributed by atoms with E-state index in [0.717, 1.165) is 12.1 Å². The van der Waals surface area contributed by atoms with Gasteiger partial charge in [0.05, 0.1) is 5.88 Å². The Morgan fingerprint density at radius 3 is 2.65 bits per heavy atom. The predicted octanol–water partition coefficient (Wildman–Crippen LogP) is 2.13. The molecule has 0 unspecified atom stereocenters. The molecule has 2 rings (SSSR count). The van der Waals surface area contributed by atoms with E-state index >= 15 is 0 Å². The van der Waals surface area contributed by atoms with Crippen molar-refractivity contribution in [3.8, 4) is 0 Å². The molecule has 1 heterocycles. The quantitative estimate of drug-likeness (QED) is 0.409. The first-order valence-electron chi connectivity index (χ1n) is 7.29. The number of nitrogens with zero attached hydrogens (tertiary/aromatic N) is 1. The fourth-order valence-electron chi connectivity index (χ4n) is 2.28. The number of carbonyl (C=O) groups excluding carboxylic acids is 1. The SMILES string of the molecule is Cc1nc(N)[nH]c(=O)c1CCCNc1ccc(C(=O)CCl)cc1. The Morgan fingerprint density at radius 2 is 2.04 bits per heavy atom. The number of carbonyl (C=O) groups is 1. The number of ketones is 1. The summed E-state index contributed by atoms with van der Waals surface area (Å²) < 4.78 is 0. The maximum absolute atomic E-state index is 11.8. The standard InChI is InChI=1S/C16H19ClN4O2/c1-10-13(15(23)21-16(18)20-10)3-2-8-19-12-6-4-11(5-7-12)14(22)9-17/h4-7,19H,2-3,8-9H2,1H3,(H3,18,20,21,23). The van der Waals surface area contributed by atoms with E-state index < -0.39 is 0 Å². The lowest BCUT2D eigenvalue weighted by Gasteiger charge is -2.08. The molecule has 0 radical (unpaired) electrons. The van der Waals surface area contributed by atoms with Crippen LogP contribution in [0.25, 0.3) is 0 Å². The molecular formula is C16H19ClN4O2. The van der Waals surface area contributed by atoms with E-state index in [1.165, 1.54) is 0 Å². The molecular weight excluding hydrogens is 316 g/mol. The molecule has 0 atom stereocenters. The lowest BCUT2D eigenvalue weighted by atomic mass is 10.1. The first-order valence-corrected chi connectivity index (χ1v) is 7.83. The van der Waals surface area contributed by atoms with Crippen LogP contribution in [0.2, 0.25) is 0 Å². The summed E-state index contributed by atoms with van der Waals surface area (Å²) in [4.78, 5) is 29.8. The van der Waals surface area contributed by atoms with Gasteiger partial charge in [-0.2, -0.15) is 0 Å². The van der Waals surface area contributed by atoms with E-state index in [1.807, 2.05) is 12.1 Å². The van der Waals surface area contributed by atoms with Crippen LogP contribution in [0.15, 0.2) is 29.1 Å². The van der Waals surface area contributed by atoms with E-state index in [-0.39, 0.29) is 23.2 Å². The van der Waals surface area contributed by atoms with Crippen LogP contribution in [0.1, 0.15) is 28.0 Å². The second kappa shape index (κ2) is 7.78. The van der Waals surface area contributed by atoms with E-state index in [2.05, 4.69) is 15.3 Å². The highest BCUT2D eigenvalue weighted by molar-refractivity contribution is 6.30. The van der Waals surface area contributed by atoms with E-state index in [4.69, 9.17) is 17.3 Å². The van der Waals surface area contributed by atoms with Gasteiger partial charge in [-0.05, 0) is 44.0 Å². The first-order chi connectivity index (χ1) is 11.0. The minimum absolute atomic E-state index is 0.0176. The molecule has 23 heavy (non-hydrogen) atoms. The molecule has 0 bridgehead atoms. The lowest BCUT2D eigenvalue weighted by Crippen LogP contribution is -2.19. The second-order valence-electron chi connectivity index (χ2n) is 5.18. The monoisotopic (exact) mass is 334 g/mol. The number of nitrogens with two attached hydrogens (primary N) is 1. The number of Topliss-reactive ketones (excluding diaryl/α,β-unsaturated/α-hetero) is 1. The largest absolute Gasteiger partial charge is 0.385 e. The lowest BCUT2D eigenvalue weighted by molar-refractivity contribution is 0.102. The van der Waals surface area contributed by atoms with Gasteiger partial charge in [0.25, 0.3) is 5.56 Å². The Hall–Kier alpha value is -2.34. The highest BCUT2D eigenvalue weighted by Gasteiger charge is 2.07. The highest BCUT2D eigenvalue weighted by atomic mass is 35.5. The van der Waals surface area contributed by atoms with Crippen molar-refractivity contribution in [3.05, 3.63) is 51.4 Å². The van der Waals surface area contributed by atoms with Crippen LogP contribution < -0.4 is 16.6 Å². The summed E-state index contributed by atoms with van der Waals surface area (Å²) in [5.41, 5.74) is 8.14. The number of rotatable bonds is 7. The van der Waals surface area contributed by atoms with Crippen LogP contribution in [0.3, 0.4) is 0 Å². The molecule has 0 saturated carbocycles. The summed E-state index contributed by atoms with van der Waals surface area (Å²) in [6.45, 7) is 2.48.